The fraction of sp³-hybridized carbons (Fsp3) is 0.259. The normalized spacial score (nSPS) is 15.5. The van der Waals surface area contributed by atoms with Crippen molar-refractivity contribution < 1.29 is 19.5 Å². The number of carbonyl (C=O) groups is 1. The van der Waals surface area contributed by atoms with Crippen molar-refractivity contribution >= 4 is 12.2 Å². The second kappa shape index (κ2) is 10.6. The van der Waals surface area contributed by atoms with E-state index in [4.69, 9.17) is 14.7 Å². The maximum atomic E-state index is 10.7. The van der Waals surface area contributed by atoms with E-state index in [0.717, 1.165) is 36.8 Å². The van der Waals surface area contributed by atoms with Gasteiger partial charge in [0.2, 0.25) is 0 Å². The summed E-state index contributed by atoms with van der Waals surface area (Å²) in [6.45, 7) is -0.315. The number of carboxylic acids is 1. The van der Waals surface area contributed by atoms with Crippen LogP contribution in [0.25, 0.3) is 0 Å². The average molecular weight is 430 g/mol. The molecular formula is C27H27NO4. The highest BCUT2D eigenvalue weighted by atomic mass is 16.6. The maximum absolute atomic E-state index is 10.7. The van der Waals surface area contributed by atoms with Gasteiger partial charge in [-0.3, -0.25) is 0 Å². The molecule has 0 aliphatic heterocycles. The lowest BCUT2D eigenvalue weighted by atomic mass is 9.82. The van der Waals surface area contributed by atoms with Crippen LogP contribution in [0.5, 0.6) is 5.75 Å². The van der Waals surface area contributed by atoms with E-state index in [0.29, 0.717) is 11.7 Å². The molecule has 3 aromatic carbocycles. The predicted molar refractivity (Wildman–Crippen MR) is 124 cm³/mol. The van der Waals surface area contributed by atoms with Crippen molar-refractivity contribution in [2.45, 2.75) is 31.8 Å². The molecule has 5 heteroatoms. The van der Waals surface area contributed by atoms with Gasteiger partial charge in [0.25, 0.3) is 0 Å². The Morgan fingerprint density at radius 2 is 1.69 bits per heavy atom. The molecule has 1 aliphatic carbocycles. The molecule has 0 bridgehead atoms. The number of benzene rings is 3. The molecule has 0 saturated carbocycles. The van der Waals surface area contributed by atoms with Crippen molar-refractivity contribution in [3.05, 3.63) is 101 Å². The van der Waals surface area contributed by atoms with Crippen LogP contribution in [0.15, 0.2) is 84.0 Å². The molecule has 1 N–H and O–H groups in total. The third-order valence-corrected chi connectivity index (χ3v) is 5.75. The zero-order valence-electron chi connectivity index (χ0n) is 17.9. The second-order valence-electron chi connectivity index (χ2n) is 8.05. The van der Waals surface area contributed by atoms with Gasteiger partial charge in [0, 0.05) is 6.21 Å². The highest BCUT2D eigenvalue weighted by Crippen LogP contribution is 2.30. The van der Waals surface area contributed by atoms with Gasteiger partial charge in [0.05, 0.1) is 0 Å². The fourth-order valence-electron chi connectivity index (χ4n) is 4.11. The number of nitrogens with zero attached hydrogens (tertiary/aromatic N) is 1. The van der Waals surface area contributed by atoms with E-state index in [1.807, 2.05) is 60.8 Å². The van der Waals surface area contributed by atoms with E-state index in [1.165, 1.54) is 11.1 Å². The molecule has 3 aromatic rings. The van der Waals surface area contributed by atoms with Crippen molar-refractivity contribution in [2.24, 2.45) is 11.1 Å². The SMILES string of the molecule is O=C(O)COc1ccc2c(c1)CCC(CC=NOC(c1ccccc1)c1ccccc1)C2. The van der Waals surface area contributed by atoms with Gasteiger partial charge in [0.15, 0.2) is 12.7 Å². The summed E-state index contributed by atoms with van der Waals surface area (Å²) in [5.74, 6) is 0.158. The number of ether oxygens (including phenoxy) is 1. The first-order valence-electron chi connectivity index (χ1n) is 10.9. The van der Waals surface area contributed by atoms with E-state index >= 15 is 0 Å². The zero-order chi connectivity index (χ0) is 22.2. The maximum Gasteiger partial charge on any atom is 0.341 e. The van der Waals surface area contributed by atoms with E-state index < -0.39 is 5.97 Å². The average Bonchev–Trinajstić information content (AvgIpc) is 2.83. The predicted octanol–water partition coefficient (Wildman–Crippen LogP) is 5.44. The lowest BCUT2D eigenvalue weighted by molar-refractivity contribution is -0.139. The number of oxime groups is 1. The highest BCUT2D eigenvalue weighted by molar-refractivity contribution is 5.68. The Kier molecular flexibility index (Phi) is 7.18. The van der Waals surface area contributed by atoms with Crippen LogP contribution in [0.3, 0.4) is 0 Å². The van der Waals surface area contributed by atoms with Crippen LogP contribution >= 0.6 is 0 Å². The lowest BCUT2D eigenvalue weighted by Gasteiger charge is -2.24. The third kappa shape index (κ3) is 5.76. The van der Waals surface area contributed by atoms with E-state index in [1.54, 1.807) is 0 Å². The molecule has 0 amide bonds. The molecule has 0 spiro atoms. The van der Waals surface area contributed by atoms with Gasteiger partial charge in [0.1, 0.15) is 5.75 Å². The molecule has 5 nitrogen and oxygen atoms in total. The zero-order valence-corrected chi connectivity index (χ0v) is 17.9. The molecule has 0 aromatic heterocycles. The molecule has 4 rings (SSSR count). The molecule has 1 atom stereocenters. The summed E-state index contributed by atoms with van der Waals surface area (Å²) < 4.78 is 5.30. The van der Waals surface area contributed by atoms with Gasteiger partial charge in [-0.1, -0.05) is 71.9 Å². The minimum atomic E-state index is -0.967. The van der Waals surface area contributed by atoms with Gasteiger partial charge in [-0.05, 0) is 66.0 Å². The summed E-state index contributed by atoms with van der Waals surface area (Å²) in [6, 6.07) is 26.1. The number of fused-ring (bicyclic) bond motifs is 1. The topological polar surface area (TPSA) is 68.1 Å². The molecule has 1 unspecified atom stereocenters. The molecular weight excluding hydrogens is 402 g/mol. The third-order valence-electron chi connectivity index (χ3n) is 5.75. The van der Waals surface area contributed by atoms with Gasteiger partial charge in [-0.15, -0.1) is 0 Å². The van der Waals surface area contributed by atoms with Crippen LogP contribution in [0.4, 0.5) is 0 Å². The van der Waals surface area contributed by atoms with Crippen LogP contribution in [-0.4, -0.2) is 23.9 Å². The number of aryl methyl sites for hydroxylation is 1. The summed E-state index contributed by atoms with van der Waals surface area (Å²) in [5, 5.41) is 13.1. The van der Waals surface area contributed by atoms with Crippen molar-refractivity contribution in [2.75, 3.05) is 6.61 Å². The van der Waals surface area contributed by atoms with Gasteiger partial charge in [-0.25, -0.2) is 4.79 Å². The molecule has 0 fully saturated rings. The minimum Gasteiger partial charge on any atom is -0.482 e. The van der Waals surface area contributed by atoms with Crippen LogP contribution in [0.1, 0.15) is 41.2 Å². The first-order valence-corrected chi connectivity index (χ1v) is 10.9. The fourth-order valence-corrected chi connectivity index (χ4v) is 4.11. The number of carboxylic acid groups (broad SMARTS) is 1. The summed E-state index contributed by atoms with van der Waals surface area (Å²) in [7, 11) is 0. The van der Waals surface area contributed by atoms with Crippen LogP contribution < -0.4 is 4.74 Å². The van der Waals surface area contributed by atoms with E-state index in [9.17, 15) is 4.79 Å². The largest absolute Gasteiger partial charge is 0.482 e. The monoisotopic (exact) mass is 429 g/mol. The van der Waals surface area contributed by atoms with Gasteiger partial charge in [-0.2, -0.15) is 0 Å². The van der Waals surface area contributed by atoms with Crippen molar-refractivity contribution in [3.63, 3.8) is 0 Å². The number of hydrogen-bond acceptors (Lipinski definition) is 4. The van der Waals surface area contributed by atoms with Crippen LogP contribution in [-0.2, 0) is 22.5 Å². The van der Waals surface area contributed by atoms with Crippen LogP contribution in [0.2, 0.25) is 0 Å². The Labute approximate surface area is 188 Å². The van der Waals surface area contributed by atoms with E-state index in [-0.39, 0.29) is 12.7 Å². The van der Waals surface area contributed by atoms with Crippen molar-refractivity contribution in [1.29, 1.82) is 0 Å². The molecule has 1 aliphatic rings. The Bertz CT molecular complexity index is 1010. The van der Waals surface area contributed by atoms with Crippen LogP contribution in [0, 0.1) is 5.92 Å². The second-order valence-corrected chi connectivity index (χ2v) is 8.05. The first kappa shape index (κ1) is 21.6. The number of hydrogen-bond donors (Lipinski definition) is 1. The smallest absolute Gasteiger partial charge is 0.341 e. The molecule has 0 radical (unpaired) electrons. The molecule has 32 heavy (non-hydrogen) atoms. The highest BCUT2D eigenvalue weighted by Gasteiger charge is 2.19. The Morgan fingerprint density at radius 3 is 2.34 bits per heavy atom. The summed E-state index contributed by atoms with van der Waals surface area (Å²) in [4.78, 5) is 16.6. The molecule has 0 heterocycles. The minimum absolute atomic E-state index is 0.232. The molecule has 164 valence electrons. The summed E-state index contributed by atoms with van der Waals surface area (Å²) in [6.07, 6.45) is 5.50. The number of aliphatic carboxylic acids is 1. The Morgan fingerprint density at radius 1 is 1.00 bits per heavy atom. The molecule has 0 saturated heterocycles. The lowest BCUT2D eigenvalue weighted by Crippen LogP contribution is -2.15. The van der Waals surface area contributed by atoms with Crippen molar-refractivity contribution in [3.8, 4) is 5.75 Å². The Balaban J connectivity index is 1.34. The Hall–Kier alpha value is -3.60. The van der Waals surface area contributed by atoms with Gasteiger partial charge < -0.3 is 14.7 Å². The first-order chi connectivity index (χ1) is 15.7. The quantitative estimate of drug-likeness (QED) is 0.363. The van der Waals surface area contributed by atoms with Crippen molar-refractivity contribution in [1.82, 2.24) is 0 Å². The van der Waals surface area contributed by atoms with E-state index in [2.05, 4.69) is 29.4 Å². The summed E-state index contributed by atoms with van der Waals surface area (Å²) in [5.41, 5.74) is 4.68. The van der Waals surface area contributed by atoms with Gasteiger partial charge >= 0.3 is 5.97 Å². The summed E-state index contributed by atoms with van der Waals surface area (Å²) >= 11 is 0. The number of rotatable bonds is 9. The standard InChI is InChI=1S/C27H27NO4/c29-26(30)19-31-25-14-13-23-17-20(11-12-24(23)18-25)15-16-28-32-27(21-7-3-1-4-8-21)22-9-5-2-6-10-22/h1-10,13-14,16,18,20,27H,11-12,15,17,19H2,(H,29,30).